The Labute approximate surface area is 102 Å². The minimum absolute atomic E-state index is 0.0454. The first kappa shape index (κ1) is 13.7. The third-order valence-electron chi connectivity index (χ3n) is 2.42. The van der Waals surface area contributed by atoms with E-state index in [-0.39, 0.29) is 11.5 Å². The van der Waals surface area contributed by atoms with Crippen LogP contribution >= 0.6 is 0 Å². The number of ether oxygens (including phenoxy) is 1. The predicted molar refractivity (Wildman–Crippen MR) is 66.4 cm³/mol. The van der Waals surface area contributed by atoms with Gasteiger partial charge in [0.2, 0.25) is 0 Å². The smallest absolute Gasteiger partial charge is 0.176 e. The standard InChI is InChI=1S/C13H19NO3/c1-3-17-9-8-14(2)10-13(16)11-4-6-12(15)7-5-11/h4-7,15H,3,8-10H2,1-2H3. The van der Waals surface area contributed by atoms with Crippen molar-refractivity contribution in [3.63, 3.8) is 0 Å². The van der Waals surface area contributed by atoms with Crippen molar-refractivity contribution in [2.45, 2.75) is 6.92 Å². The summed E-state index contributed by atoms with van der Waals surface area (Å²) in [7, 11) is 1.89. The van der Waals surface area contributed by atoms with Crippen LogP contribution in [0.2, 0.25) is 0 Å². The van der Waals surface area contributed by atoms with Gasteiger partial charge in [-0.15, -0.1) is 0 Å². The number of hydrogen-bond acceptors (Lipinski definition) is 4. The fourth-order valence-electron chi connectivity index (χ4n) is 1.43. The molecule has 94 valence electrons. The third-order valence-corrected chi connectivity index (χ3v) is 2.42. The molecular formula is C13H19NO3. The van der Waals surface area contributed by atoms with Crippen LogP contribution in [0.3, 0.4) is 0 Å². The largest absolute Gasteiger partial charge is 0.508 e. The lowest BCUT2D eigenvalue weighted by atomic mass is 10.1. The third kappa shape index (κ3) is 4.97. The van der Waals surface area contributed by atoms with E-state index in [0.29, 0.717) is 25.3 Å². The highest BCUT2D eigenvalue weighted by atomic mass is 16.5. The van der Waals surface area contributed by atoms with Crippen LogP contribution in [0.4, 0.5) is 0 Å². The van der Waals surface area contributed by atoms with Gasteiger partial charge in [-0.3, -0.25) is 9.69 Å². The summed E-state index contributed by atoms with van der Waals surface area (Å²) in [6.45, 7) is 4.37. The molecule has 0 fully saturated rings. The lowest BCUT2D eigenvalue weighted by Gasteiger charge is -2.15. The van der Waals surface area contributed by atoms with E-state index in [4.69, 9.17) is 9.84 Å². The molecule has 0 aliphatic rings. The van der Waals surface area contributed by atoms with Gasteiger partial charge >= 0.3 is 0 Å². The number of phenols is 1. The number of carbonyl (C=O) groups is 1. The second-order valence-corrected chi connectivity index (χ2v) is 3.90. The fourth-order valence-corrected chi connectivity index (χ4v) is 1.43. The molecule has 0 saturated carbocycles. The van der Waals surface area contributed by atoms with Gasteiger partial charge in [-0.2, -0.15) is 0 Å². The van der Waals surface area contributed by atoms with E-state index >= 15 is 0 Å². The average Bonchev–Trinajstić information content (AvgIpc) is 2.30. The number of Topliss-reactive ketones (excluding diaryl/α,β-unsaturated/α-hetero) is 1. The molecule has 1 N–H and O–H groups in total. The summed E-state index contributed by atoms with van der Waals surface area (Å²) in [5, 5.41) is 9.13. The molecule has 0 aliphatic carbocycles. The number of nitrogens with zero attached hydrogens (tertiary/aromatic N) is 1. The topological polar surface area (TPSA) is 49.8 Å². The Morgan fingerprint density at radius 3 is 2.59 bits per heavy atom. The minimum Gasteiger partial charge on any atom is -0.508 e. The molecule has 4 heteroatoms. The molecule has 0 atom stereocenters. The summed E-state index contributed by atoms with van der Waals surface area (Å²) < 4.78 is 5.22. The number of phenolic OH excluding ortho intramolecular Hbond substituents is 1. The summed E-state index contributed by atoms with van der Waals surface area (Å²) in [6.07, 6.45) is 0. The Morgan fingerprint density at radius 2 is 2.00 bits per heavy atom. The SMILES string of the molecule is CCOCCN(C)CC(=O)c1ccc(O)cc1. The number of carbonyl (C=O) groups excluding carboxylic acids is 1. The molecule has 0 aliphatic heterocycles. The van der Waals surface area contributed by atoms with Crippen LogP contribution in [0.5, 0.6) is 5.75 Å². The van der Waals surface area contributed by atoms with Gasteiger partial charge in [0.05, 0.1) is 13.2 Å². The molecule has 0 aromatic heterocycles. The predicted octanol–water partition coefficient (Wildman–Crippen LogP) is 1.54. The van der Waals surface area contributed by atoms with E-state index < -0.39 is 0 Å². The van der Waals surface area contributed by atoms with Crippen LogP contribution in [-0.4, -0.2) is 49.1 Å². The first-order valence-corrected chi connectivity index (χ1v) is 5.72. The van der Waals surface area contributed by atoms with Crippen LogP contribution in [0.25, 0.3) is 0 Å². The molecule has 0 amide bonds. The summed E-state index contributed by atoms with van der Waals surface area (Å²) in [4.78, 5) is 13.8. The van der Waals surface area contributed by atoms with E-state index in [1.54, 1.807) is 12.1 Å². The molecule has 17 heavy (non-hydrogen) atoms. The first-order valence-electron chi connectivity index (χ1n) is 5.72. The van der Waals surface area contributed by atoms with Gasteiger partial charge in [-0.1, -0.05) is 0 Å². The van der Waals surface area contributed by atoms with Crippen LogP contribution in [0.15, 0.2) is 24.3 Å². The highest BCUT2D eigenvalue weighted by Gasteiger charge is 2.08. The van der Waals surface area contributed by atoms with Crippen molar-refractivity contribution in [2.24, 2.45) is 0 Å². The minimum atomic E-state index is 0.0454. The van der Waals surface area contributed by atoms with E-state index in [1.807, 2.05) is 18.9 Å². The lowest BCUT2D eigenvalue weighted by Crippen LogP contribution is -2.29. The molecule has 0 radical (unpaired) electrons. The van der Waals surface area contributed by atoms with Gasteiger partial charge in [-0.05, 0) is 38.2 Å². The highest BCUT2D eigenvalue weighted by Crippen LogP contribution is 2.10. The molecule has 0 heterocycles. The second-order valence-electron chi connectivity index (χ2n) is 3.90. The van der Waals surface area contributed by atoms with Crippen molar-refractivity contribution in [1.82, 2.24) is 4.90 Å². The van der Waals surface area contributed by atoms with Gasteiger partial charge < -0.3 is 9.84 Å². The van der Waals surface area contributed by atoms with Crippen molar-refractivity contribution in [3.8, 4) is 5.75 Å². The zero-order valence-corrected chi connectivity index (χ0v) is 10.3. The Hall–Kier alpha value is -1.39. The van der Waals surface area contributed by atoms with E-state index in [2.05, 4.69) is 0 Å². The molecule has 0 spiro atoms. The molecular weight excluding hydrogens is 218 g/mol. The maximum Gasteiger partial charge on any atom is 0.176 e. The molecule has 1 rings (SSSR count). The molecule has 1 aromatic rings. The van der Waals surface area contributed by atoms with Crippen LogP contribution in [0.1, 0.15) is 17.3 Å². The van der Waals surface area contributed by atoms with Crippen molar-refractivity contribution >= 4 is 5.78 Å². The molecule has 1 aromatic carbocycles. The summed E-state index contributed by atoms with van der Waals surface area (Å²) in [6, 6.07) is 6.31. The number of aromatic hydroxyl groups is 1. The fraction of sp³-hybridized carbons (Fsp3) is 0.462. The normalized spacial score (nSPS) is 10.8. The zero-order chi connectivity index (χ0) is 12.7. The summed E-state index contributed by atoms with van der Waals surface area (Å²) >= 11 is 0. The van der Waals surface area contributed by atoms with Crippen molar-refractivity contribution < 1.29 is 14.6 Å². The van der Waals surface area contributed by atoms with Gasteiger partial charge in [0.1, 0.15) is 5.75 Å². The quantitative estimate of drug-likeness (QED) is 0.577. The van der Waals surface area contributed by atoms with Gasteiger partial charge in [-0.25, -0.2) is 0 Å². The highest BCUT2D eigenvalue weighted by molar-refractivity contribution is 5.97. The molecule has 4 nitrogen and oxygen atoms in total. The Balaban J connectivity index is 2.40. The Kier molecular flexibility index (Phi) is 5.66. The first-order chi connectivity index (χ1) is 8.13. The average molecular weight is 237 g/mol. The monoisotopic (exact) mass is 237 g/mol. The van der Waals surface area contributed by atoms with Crippen LogP contribution in [-0.2, 0) is 4.74 Å². The van der Waals surface area contributed by atoms with Crippen molar-refractivity contribution in [1.29, 1.82) is 0 Å². The number of ketones is 1. The number of rotatable bonds is 7. The number of likely N-dealkylation sites (N-methyl/N-ethyl adjacent to an activating group) is 1. The Morgan fingerprint density at radius 1 is 1.35 bits per heavy atom. The van der Waals surface area contributed by atoms with Gasteiger partial charge in [0.15, 0.2) is 5.78 Å². The van der Waals surface area contributed by atoms with E-state index in [1.165, 1.54) is 12.1 Å². The zero-order valence-electron chi connectivity index (χ0n) is 10.3. The van der Waals surface area contributed by atoms with Crippen molar-refractivity contribution in [3.05, 3.63) is 29.8 Å². The summed E-state index contributed by atoms with van der Waals surface area (Å²) in [5.74, 6) is 0.218. The van der Waals surface area contributed by atoms with Gasteiger partial charge in [0.25, 0.3) is 0 Å². The summed E-state index contributed by atoms with van der Waals surface area (Å²) in [5.41, 5.74) is 0.617. The van der Waals surface area contributed by atoms with Crippen LogP contribution in [0, 0.1) is 0 Å². The van der Waals surface area contributed by atoms with Crippen molar-refractivity contribution in [2.75, 3.05) is 33.4 Å². The molecule has 0 saturated heterocycles. The second kappa shape index (κ2) is 7.04. The number of hydrogen-bond donors (Lipinski definition) is 1. The van der Waals surface area contributed by atoms with Gasteiger partial charge in [0, 0.05) is 18.7 Å². The maximum absolute atomic E-state index is 11.8. The van der Waals surface area contributed by atoms with Crippen LogP contribution < -0.4 is 0 Å². The van der Waals surface area contributed by atoms with E-state index in [0.717, 1.165) is 6.54 Å². The maximum atomic E-state index is 11.8. The Bertz CT molecular complexity index is 348. The lowest BCUT2D eigenvalue weighted by molar-refractivity contribution is 0.0897. The molecule has 0 unspecified atom stereocenters. The number of benzene rings is 1. The molecule has 0 bridgehead atoms. The van der Waals surface area contributed by atoms with E-state index in [9.17, 15) is 4.79 Å².